The summed E-state index contributed by atoms with van der Waals surface area (Å²) in [4.78, 5) is 11.9. The zero-order valence-electron chi connectivity index (χ0n) is 14.9. The summed E-state index contributed by atoms with van der Waals surface area (Å²) in [5.74, 6) is 5.14. The third-order valence-corrected chi connectivity index (χ3v) is 9.17. The summed E-state index contributed by atoms with van der Waals surface area (Å²) in [5, 5.41) is 0. The Morgan fingerprint density at radius 1 is 0.955 bits per heavy atom. The molecule has 4 rings (SSSR count). The molecule has 0 heterocycles. The molecule has 0 bridgehead atoms. The molecule has 0 amide bonds. The number of hydrogen-bond donors (Lipinski definition) is 0. The Morgan fingerprint density at radius 2 is 1.73 bits per heavy atom. The van der Waals surface area contributed by atoms with E-state index in [-0.39, 0.29) is 0 Å². The largest absolute Gasteiger partial charge is 0.300 e. The zero-order chi connectivity index (χ0) is 15.5. The minimum absolute atomic E-state index is 0.489. The van der Waals surface area contributed by atoms with Gasteiger partial charge in [-0.2, -0.15) is 0 Å². The van der Waals surface area contributed by atoms with E-state index in [9.17, 15) is 4.79 Å². The van der Waals surface area contributed by atoms with E-state index >= 15 is 0 Å². The summed E-state index contributed by atoms with van der Waals surface area (Å²) in [7, 11) is 0. The summed E-state index contributed by atoms with van der Waals surface area (Å²) in [6.07, 6.45) is 13.0. The van der Waals surface area contributed by atoms with Crippen LogP contribution >= 0.6 is 0 Å². The highest BCUT2D eigenvalue weighted by Gasteiger charge is 2.59. The number of fused-ring (bicyclic) bond motifs is 5. The highest BCUT2D eigenvalue weighted by molar-refractivity contribution is 5.79. The molecule has 0 N–H and O–H groups in total. The van der Waals surface area contributed by atoms with Gasteiger partial charge >= 0.3 is 0 Å². The van der Waals surface area contributed by atoms with Crippen LogP contribution in [0.15, 0.2) is 0 Å². The molecule has 0 radical (unpaired) electrons. The Morgan fingerprint density at radius 3 is 2.50 bits per heavy atom. The Balaban J connectivity index is 1.62. The van der Waals surface area contributed by atoms with Crippen LogP contribution in [0, 0.1) is 40.4 Å². The summed E-state index contributed by atoms with van der Waals surface area (Å²) >= 11 is 0. The van der Waals surface area contributed by atoms with Crippen LogP contribution < -0.4 is 0 Å². The molecule has 22 heavy (non-hydrogen) atoms. The van der Waals surface area contributed by atoms with Crippen molar-refractivity contribution < 1.29 is 4.79 Å². The van der Waals surface area contributed by atoms with Crippen molar-refractivity contribution in [3.63, 3.8) is 0 Å². The van der Waals surface area contributed by atoms with Crippen molar-refractivity contribution in [1.29, 1.82) is 0 Å². The van der Waals surface area contributed by atoms with Crippen LogP contribution in [0.25, 0.3) is 0 Å². The van der Waals surface area contributed by atoms with Crippen molar-refractivity contribution in [2.45, 2.75) is 85.0 Å². The predicted octanol–water partition coefficient (Wildman–Crippen LogP) is 5.62. The fraction of sp³-hybridized carbons (Fsp3) is 0.952. The highest BCUT2D eigenvalue weighted by Crippen LogP contribution is 2.67. The van der Waals surface area contributed by atoms with Gasteiger partial charge in [0.05, 0.1) is 0 Å². The molecule has 7 atom stereocenters. The zero-order valence-corrected chi connectivity index (χ0v) is 14.9. The molecule has 0 aliphatic heterocycles. The third-order valence-electron chi connectivity index (χ3n) is 9.17. The Bertz CT molecular complexity index is 469. The van der Waals surface area contributed by atoms with Crippen molar-refractivity contribution in [2.75, 3.05) is 0 Å². The lowest BCUT2D eigenvalue weighted by Crippen LogP contribution is -2.53. The Labute approximate surface area is 136 Å². The number of ketones is 1. The van der Waals surface area contributed by atoms with Crippen molar-refractivity contribution in [3.05, 3.63) is 0 Å². The van der Waals surface area contributed by atoms with Gasteiger partial charge in [0.2, 0.25) is 0 Å². The molecule has 4 saturated carbocycles. The van der Waals surface area contributed by atoms with Crippen LogP contribution in [0.5, 0.6) is 0 Å². The maximum atomic E-state index is 11.9. The van der Waals surface area contributed by atoms with Gasteiger partial charge < -0.3 is 0 Å². The second-order valence-electron chi connectivity index (χ2n) is 9.63. The standard InChI is InChI=1S/C21H34O/c1-4-14-6-8-18-17-7-5-15-13-16(22)9-11-21(15,3)19(17)10-12-20(14,18)2/h14-15,17-19H,4-13H2,1-3H3/t14-,15?,17?,18?,19?,20+,21-/m0/s1. The summed E-state index contributed by atoms with van der Waals surface area (Å²) in [5.41, 5.74) is 1.13. The van der Waals surface area contributed by atoms with Gasteiger partial charge in [0.1, 0.15) is 5.78 Å². The minimum Gasteiger partial charge on any atom is -0.300 e. The predicted molar refractivity (Wildman–Crippen MR) is 90.5 cm³/mol. The molecule has 0 aromatic carbocycles. The van der Waals surface area contributed by atoms with Crippen molar-refractivity contribution >= 4 is 5.78 Å². The fourth-order valence-electron chi connectivity index (χ4n) is 7.82. The molecule has 0 aromatic rings. The minimum atomic E-state index is 0.489. The molecule has 0 saturated heterocycles. The maximum absolute atomic E-state index is 11.9. The lowest BCUT2D eigenvalue weighted by Gasteiger charge is -2.60. The summed E-state index contributed by atoms with van der Waals surface area (Å²) in [6, 6.07) is 0. The summed E-state index contributed by atoms with van der Waals surface area (Å²) < 4.78 is 0. The molecular formula is C21H34O. The first-order chi connectivity index (χ1) is 10.5. The van der Waals surface area contributed by atoms with Crippen molar-refractivity contribution in [2.24, 2.45) is 40.4 Å². The topological polar surface area (TPSA) is 17.1 Å². The second kappa shape index (κ2) is 5.08. The van der Waals surface area contributed by atoms with Gasteiger partial charge in [0.15, 0.2) is 0 Å². The molecule has 4 unspecified atom stereocenters. The highest BCUT2D eigenvalue weighted by atomic mass is 16.1. The Hall–Kier alpha value is -0.330. The first-order valence-electron chi connectivity index (χ1n) is 10.0. The SMILES string of the molecule is CC[C@H]1CCC2C3CCC4CC(=O)CC[C@]4(C)C3CC[C@@]21C. The molecule has 124 valence electrons. The van der Waals surface area contributed by atoms with Gasteiger partial charge in [0, 0.05) is 12.8 Å². The smallest absolute Gasteiger partial charge is 0.133 e. The number of carbonyl (C=O) groups excluding carboxylic acids is 1. The first kappa shape index (κ1) is 15.2. The number of rotatable bonds is 1. The van der Waals surface area contributed by atoms with E-state index < -0.39 is 0 Å². The molecule has 4 aliphatic carbocycles. The van der Waals surface area contributed by atoms with Gasteiger partial charge in [-0.15, -0.1) is 0 Å². The molecule has 4 aliphatic rings. The normalized spacial score (nSPS) is 54.5. The fourth-order valence-corrected chi connectivity index (χ4v) is 7.82. The number of carbonyl (C=O) groups is 1. The van der Waals surface area contributed by atoms with E-state index in [0.29, 0.717) is 22.5 Å². The van der Waals surface area contributed by atoms with Crippen LogP contribution in [0.3, 0.4) is 0 Å². The molecule has 0 aromatic heterocycles. The third kappa shape index (κ3) is 1.93. The van der Waals surface area contributed by atoms with E-state index in [1.807, 2.05) is 0 Å². The van der Waals surface area contributed by atoms with E-state index in [4.69, 9.17) is 0 Å². The van der Waals surface area contributed by atoms with Crippen LogP contribution in [0.2, 0.25) is 0 Å². The van der Waals surface area contributed by atoms with Gasteiger partial charge in [-0.3, -0.25) is 4.79 Å². The number of Topliss-reactive ketones (excluding diaryl/α,β-unsaturated/α-hetero) is 1. The summed E-state index contributed by atoms with van der Waals surface area (Å²) in [6.45, 7) is 7.61. The monoisotopic (exact) mass is 302 g/mol. The second-order valence-corrected chi connectivity index (χ2v) is 9.63. The lowest BCUT2D eigenvalue weighted by atomic mass is 9.45. The van der Waals surface area contributed by atoms with E-state index in [1.54, 1.807) is 0 Å². The van der Waals surface area contributed by atoms with Crippen LogP contribution in [-0.2, 0) is 4.79 Å². The molecule has 0 spiro atoms. The van der Waals surface area contributed by atoms with E-state index in [1.165, 1.54) is 51.4 Å². The van der Waals surface area contributed by atoms with Gasteiger partial charge in [-0.05, 0) is 85.4 Å². The Kier molecular flexibility index (Phi) is 3.51. The first-order valence-corrected chi connectivity index (χ1v) is 10.0. The van der Waals surface area contributed by atoms with E-state index in [0.717, 1.165) is 36.5 Å². The van der Waals surface area contributed by atoms with Gasteiger partial charge in [-0.1, -0.05) is 27.2 Å². The van der Waals surface area contributed by atoms with Crippen molar-refractivity contribution in [3.8, 4) is 0 Å². The van der Waals surface area contributed by atoms with Crippen LogP contribution in [0.1, 0.15) is 85.0 Å². The quantitative estimate of drug-likeness (QED) is 0.614. The molecule has 1 heteroatoms. The number of hydrogen-bond acceptors (Lipinski definition) is 1. The van der Waals surface area contributed by atoms with Crippen LogP contribution in [0.4, 0.5) is 0 Å². The van der Waals surface area contributed by atoms with Crippen molar-refractivity contribution in [1.82, 2.24) is 0 Å². The van der Waals surface area contributed by atoms with Gasteiger partial charge in [-0.25, -0.2) is 0 Å². The molecular weight excluding hydrogens is 268 g/mol. The average molecular weight is 303 g/mol. The maximum Gasteiger partial charge on any atom is 0.133 e. The van der Waals surface area contributed by atoms with Gasteiger partial charge in [0.25, 0.3) is 0 Å². The van der Waals surface area contributed by atoms with Crippen LogP contribution in [-0.4, -0.2) is 5.78 Å². The molecule has 4 fully saturated rings. The molecule has 1 nitrogen and oxygen atoms in total. The van der Waals surface area contributed by atoms with E-state index in [2.05, 4.69) is 20.8 Å². The lowest BCUT2D eigenvalue weighted by molar-refractivity contribution is -0.139. The average Bonchev–Trinajstić information content (AvgIpc) is 2.84.